The summed E-state index contributed by atoms with van der Waals surface area (Å²) in [5.74, 6) is -3.66. The molecule has 11 heteroatoms. The van der Waals surface area contributed by atoms with Gasteiger partial charge in [0.15, 0.2) is 0 Å². The van der Waals surface area contributed by atoms with Crippen molar-refractivity contribution in [1.82, 2.24) is 10.2 Å². The van der Waals surface area contributed by atoms with Gasteiger partial charge in [-0.1, -0.05) is 0 Å². The Labute approximate surface area is 152 Å². The van der Waals surface area contributed by atoms with E-state index in [-0.39, 0.29) is 37.3 Å². The second-order valence-corrected chi connectivity index (χ2v) is 6.84. The SMILES string of the molecule is CC(=O)OCC1=C(C(=O)O)N2C(=O)C(NC(=O)CCCC(=O)O)[C@H]2SC1. The molecule has 2 heterocycles. The van der Waals surface area contributed by atoms with Gasteiger partial charge >= 0.3 is 17.9 Å². The van der Waals surface area contributed by atoms with Crippen molar-refractivity contribution in [2.24, 2.45) is 0 Å². The van der Waals surface area contributed by atoms with E-state index in [9.17, 15) is 29.1 Å². The number of carboxylic acid groups (broad SMARTS) is 2. The molecule has 0 aromatic rings. The van der Waals surface area contributed by atoms with E-state index in [0.29, 0.717) is 5.57 Å². The van der Waals surface area contributed by atoms with E-state index in [4.69, 9.17) is 9.84 Å². The minimum absolute atomic E-state index is 0.0349. The van der Waals surface area contributed by atoms with Gasteiger partial charge in [0.2, 0.25) is 5.91 Å². The van der Waals surface area contributed by atoms with Gasteiger partial charge in [-0.2, -0.15) is 0 Å². The number of amides is 2. The summed E-state index contributed by atoms with van der Waals surface area (Å²) in [4.78, 5) is 58.1. The molecule has 2 aliphatic rings. The quantitative estimate of drug-likeness (QED) is 0.372. The third kappa shape index (κ3) is 4.34. The van der Waals surface area contributed by atoms with Crippen LogP contribution in [0.3, 0.4) is 0 Å². The molecule has 0 aliphatic carbocycles. The molecule has 1 saturated heterocycles. The molecule has 0 saturated carbocycles. The summed E-state index contributed by atoms with van der Waals surface area (Å²) in [7, 11) is 0. The molecule has 10 nitrogen and oxygen atoms in total. The Morgan fingerprint density at radius 1 is 1.27 bits per heavy atom. The molecular formula is C15H18N2O8S. The highest BCUT2D eigenvalue weighted by Crippen LogP contribution is 2.40. The van der Waals surface area contributed by atoms with Crippen LogP contribution in [0.25, 0.3) is 0 Å². The zero-order valence-electron chi connectivity index (χ0n) is 13.9. The molecule has 26 heavy (non-hydrogen) atoms. The average molecular weight is 386 g/mol. The van der Waals surface area contributed by atoms with Gasteiger partial charge in [-0.05, 0) is 6.42 Å². The molecular weight excluding hydrogens is 368 g/mol. The third-order valence-electron chi connectivity index (χ3n) is 3.81. The first-order valence-corrected chi connectivity index (χ1v) is 8.81. The second-order valence-electron chi connectivity index (χ2n) is 5.74. The van der Waals surface area contributed by atoms with E-state index >= 15 is 0 Å². The fourth-order valence-corrected chi connectivity index (χ4v) is 3.96. The first-order chi connectivity index (χ1) is 12.2. The maximum absolute atomic E-state index is 12.3. The molecule has 3 N–H and O–H groups in total. The van der Waals surface area contributed by atoms with Gasteiger partial charge in [-0.3, -0.25) is 24.1 Å². The van der Waals surface area contributed by atoms with Gasteiger partial charge in [0, 0.05) is 31.1 Å². The Balaban J connectivity index is 2.02. The predicted octanol–water partition coefficient (Wildman–Crippen LogP) is -0.457. The van der Waals surface area contributed by atoms with Crippen LogP contribution in [0.15, 0.2) is 11.3 Å². The van der Waals surface area contributed by atoms with Crippen molar-refractivity contribution in [3.05, 3.63) is 11.3 Å². The smallest absolute Gasteiger partial charge is 0.352 e. The van der Waals surface area contributed by atoms with Gasteiger partial charge < -0.3 is 20.3 Å². The zero-order valence-corrected chi connectivity index (χ0v) is 14.7. The molecule has 0 aromatic heterocycles. The normalized spacial score (nSPS) is 21.6. The molecule has 0 aromatic carbocycles. The summed E-state index contributed by atoms with van der Waals surface area (Å²) < 4.78 is 4.83. The van der Waals surface area contributed by atoms with E-state index < -0.39 is 41.1 Å². The van der Waals surface area contributed by atoms with Crippen molar-refractivity contribution in [2.45, 2.75) is 37.6 Å². The summed E-state index contributed by atoms with van der Waals surface area (Å²) in [5.41, 5.74) is 0.0879. The van der Waals surface area contributed by atoms with E-state index in [2.05, 4.69) is 5.32 Å². The fourth-order valence-electron chi connectivity index (χ4n) is 2.63. The second kappa shape index (κ2) is 8.21. The van der Waals surface area contributed by atoms with Crippen molar-refractivity contribution in [1.29, 1.82) is 0 Å². The van der Waals surface area contributed by atoms with Crippen LogP contribution in [-0.2, 0) is 28.7 Å². The summed E-state index contributed by atoms with van der Waals surface area (Å²) in [6, 6.07) is -0.859. The molecule has 2 atom stereocenters. The van der Waals surface area contributed by atoms with Crippen LogP contribution in [0, 0.1) is 0 Å². The van der Waals surface area contributed by atoms with Crippen LogP contribution in [0.1, 0.15) is 26.2 Å². The van der Waals surface area contributed by atoms with Crippen LogP contribution in [0.4, 0.5) is 0 Å². The monoisotopic (exact) mass is 386 g/mol. The number of hydrogen-bond donors (Lipinski definition) is 3. The van der Waals surface area contributed by atoms with E-state index in [1.807, 2.05) is 0 Å². The van der Waals surface area contributed by atoms with Gasteiger partial charge in [0.25, 0.3) is 5.91 Å². The zero-order chi connectivity index (χ0) is 19.4. The Morgan fingerprint density at radius 3 is 2.54 bits per heavy atom. The molecule has 2 amide bonds. The molecule has 2 rings (SSSR count). The maximum atomic E-state index is 12.3. The van der Waals surface area contributed by atoms with Crippen molar-refractivity contribution in [2.75, 3.05) is 12.4 Å². The van der Waals surface area contributed by atoms with Crippen LogP contribution in [0.2, 0.25) is 0 Å². The third-order valence-corrected chi connectivity index (χ3v) is 5.15. The number of esters is 1. The summed E-state index contributed by atoms with van der Waals surface area (Å²) in [5, 5.41) is 19.9. The lowest BCUT2D eigenvalue weighted by Crippen LogP contribution is -2.70. The molecule has 2 aliphatic heterocycles. The first-order valence-electron chi connectivity index (χ1n) is 7.77. The van der Waals surface area contributed by atoms with E-state index in [1.165, 1.54) is 18.7 Å². The molecule has 0 bridgehead atoms. The highest BCUT2D eigenvalue weighted by molar-refractivity contribution is 8.00. The Hall–Kier alpha value is -2.56. The minimum atomic E-state index is -1.31. The number of β-lactam (4-membered cyclic amide) rings is 1. The largest absolute Gasteiger partial charge is 0.481 e. The average Bonchev–Trinajstić information content (AvgIpc) is 2.56. The Morgan fingerprint density at radius 2 is 1.96 bits per heavy atom. The van der Waals surface area contributed by atoms with Gasteiger partial charge in [0.1, 0.15) is 23.7 Å². The van der Waals surface area contributed by atoms with Crippen LogP contribution >= 0.6 is 11.8 Å². The highest BCUT2D eigenvalue weighted by atomic mass is 32.2. The number of ether oxygens (including phenoxy) is 1. The summed E-state index contributed by atoms with van der Waals surface area (Å²) in [6.07, 6.45) is -0.0368. The molecule has 0 radical (unpaired) electrons. The van der Waals surface area contributed by atoms with Crippen molar-refractivity contribution in [3.8, 4) is 0 Å². The number of nitrogens with one attached hydrogen (secondary N) is 1. The number of carboxylic acids is 2. The molecule has 142 valence electrons. The van der Waals surface area contributed by atoms with Crippen LogP contribution < -0.4 is 5.32 Å². The topological polar surface area (TPSA) is 150 Å². The number of carbonyl (C=O) groups excluding carboxylic acids is 3. The number of nitrogens with zero attached hydrogens (tertiary/aromatic N) is 1. The predicted molar refractivity (Wildman–Crippen MR) is 87.8 cm³/mol. The summed E-state index contributed by atoms with van der Waals surface area (Å²) >= 11 is 1.26. The number of carbonyl (C=O) groups is 5. The lowest BCUT2D eigenvalue weighted by atomic mass is 10.0. The molecule has 0 spiro atoms. The fraction of sp³-hybridized carbons (Fsp3) is 0.533. The van der Waals surface area contributed by atoms with Gasteiger partial charge in [-0.15, -0.1) is 11.8 Å². The van der Waals surface area contributed by atoms with Crippen LogP contribution in [-0.4, -0.2) is 68.6 Å². The number of fused-ring (bicyclic) bond motifs is 1. The number of rotatable bonds is 8. The molecule has 1 unspecified atom stereocenters. The van der Waals surface area contributed by atoms with Crippen molar-refractivity contribution in [3.63, 3.8) is 0 Å². The van der Waals surface area contributed by atoms with Crippen LogP contribution in [0.5, 0.6) is 0 Å². The van der Waals surface area contributed by atoms with Crippen molar-refractivity contribution < 1.29 is 38.9 Å². The Bertz CT molecular complexity index is 689. The summed E-state index contributed by atoms with van der Waals surface area (Å²) in [6.45, 7) is 0.983. The van der Waals surface area contributed by atoms with E-state index in [0.717, 1.165) is 4.90 Å². The first kappa shape index (κ1) is 19.8. The lowest BCUT2D eigenvalue weighted by Gasteiger charge is -2.49. The Kier molecular flexibility index (Phi) is 6.24. The number of thioether (sulfide) groups is 1. The van der Waals surface area contributed by atoms with E-state index in [1.54, 1.807) is 0 Å². The lowest BCUT2D eigenvalue weighted by molar-refractivity contribution is -0.151. The standard InChI is InChI=1S/C15H18N2O8S/c1-7(18)25-5-8-6-26-14-11(13(22)17(14)12(8)15(23)24)16-9(19)3-2-4-10(20)21/h11,14H,2-6H2,1H3,(H,16,19)(H,20,21)(H,23,24)/t11?,14-/m1/s1. The maximum Gasteiger partial charge on any atom is 0.352 e. The number of aliphatic carboxylic acids is 2. The van der Waals surface area contributed by atoms with Gasteiger partial charge in [0.05, 0.1) is 0 Å². The highest BCUT2D eigenvalue weighted by Gasteiger charge is 2.54. The number of hydrogen-bond acceptors (Lipinski definition) is 7. The molecule has 1 fully saturated rings. The van der Waals surface area contributed by atoms with Gasteiger partial charge in [-0.25, -0.2) is 4.79 Å². The minimum Gasteiger partial charge on any atom is -0.481 e. The van der Waals surface area contributed by atoms with Crippen molar-refractivity contribution >= 4 is 41.5 Å².